The summed E-state index contributed by atoms with van der Waals surface area (Å²) in [6.45, 7) is 4.80. The van der Waals surface area contributed by atoms with Gasteiger partial charge in [0.15, 0.2) is 0 Å². The lowest BCUT2D eigenvalue weighted by Crippen LogP contribution is -2.18. The number of aliphatic hydroxyl groups excluding tert-OH is 1. The topological polar surface area (TPSA) is 52.6 Å². The molecule has 0 aliphatic heterocycles. The van der Waals surface area contributed by atoms with Crippen molar-refractivity contribution >= 4 is 17.3 Å². The largest absolute Gasteiger partial charge is 0.389 e. The zero-order chi connectivity index (χ0) is 16.8. The molecule has 1 atom stereocenters. The summed E-state index contributed by atoms with van der Waals surface area (Å²) in [6, 6.07) is 14.8. The van der Waals surface area contributed by atoms with Gasteiger partial charge in [0.1, 0.15) is 0 Å². The minimum Gasteiger partial charge on any atom is -0.389 e. The van der Waals surface area contributed by atoms with Crippen molar-refractivity contribution in [1.82, 2.24) is 0 Å². The van der Waals surface area contributed by atoms with Gasteiger partial charge in [0.25, 0.3) is 5.91 Å². The second-order valence-corrected chi connectivity index (χ2v) is 5.69. The summed E-state index contributed by atoms with van der Waals surface area (Å²) in [4.78, 5) is 14.5. The molecule has 2 N–H and O–H groups in total. The van der Waals surface area contributed by atoms with Crippen molar-refractivity contribution in [3.8, 4) is 0 Å². The van der Waals surface area contributed by atoms with E-state index in [-0.39, 0.29) is 5.91 Å². The van der Waals surface area contributed by atoms with Crippen molar-refractivity contribution in [2.45, 2.75) is 26.4 Å². The molecule has 0 aromatic heterocycles. The molecule has 1 unspecified atom stereocenters. The first-order chi connectivity index (χ1) is 11.0. The van der Waals surface area contributed by atoms with E-state index in [0.29, 0.717) is 16.8 Å². The molecule has 2 rings (SSSR count). The number of aliphatic hydroxyl groups is 1. The Labute approximate surface area is 137 Å². The van der Waals surface area contributed by atoms with Crippen molar-refractivity contribution in [2.75, 3.05) is 23.8 Å². The highest BCUT2D eigenvalue weighted by atomic mass is 16.3. The fraction of sp³-hybridized carbons (Fsp3) is 0.316. The fourth-order valence-electron chi connectivity index (χ4n) is 2.50. The third-order valence-corrected chi connectivity index (χ3v) is 3.79. The Morgan fingerprint density at radius 2 is 1.83 bits per heavy atom. The van der Waals surface area contributed by atoms with E-state index in [9.17, 15) is 9.90 Å². The van der Waals surface area contributed by atoms with Crippen molar-refractivity contribution in [1.29, 1.82) is 0 Å². The van der Waals surface area contributed by atoms with Crippen LogP contribution in [-0.2, 0) is 0 Å². The van der Waals surface area contributed by atoms with Crippen molar-refractivity contribution < 1.29 is 9.90 Å². The third kappa shape index (κ3) is 4.33. The first-order valence-corrected chi connectivity index (χ1v) is 7.92. The molecule has 122 valence electrons. The zero-order valence-electron chi connectivity index (χ0n) is 13.9. The van der Waals surface area contributed by atoms with Gasteiger partial charge in [-0.2, -0.15) is 0 Å². The summed E-state index contributed by atoms with van der Waals surface area (Å²) < 4.78 is 0. The smallest absolute Gasteiger partial charge is 0.255 e. The van der Waals surface area contributed by atoms with Gasteiger partial charge in [0.05, 0.1) is 6.10 Å². The molecule has 0 aliphatic carbocycles. The van der Waals surface area contributed by atoms with Crippen LogP contribution >= 0.6 is 0 Å². The predicted molar refractivity (Wildman–Crippen MR) is 95.0 cm³/mol. The van der Waals surface area contributed by atoms with Gasteiger partial charge in [-0.1, -0.05) is 25.1 Å². The Morgan fingerprint density at radius 3 is 2.43 bits per heavy atom. The molecule has 0 saturated carbocycles. The van der Waals surface area contributed by atoms with Gasteiger partial charge in [-0.3, -0.25) is 4.79 Å². The molecule has 0 heterocycles. The number of hydrogen-bond acceptors (Lipinski definition) is 3. The molecule has 0 aliphatic rings. The highest BCUT2D eigenvalue weighted by Gasteiger charge is 2.12. The van der Waals surface area contributed by atoms with E-state index in [2.05, 4.69) is 17.1 Å². The van der Waals surface area contributed by atoms with Crippen LogP contribution < -0.4 is 10.2 Å². The van der Waals surface area contributed by atoms with E-state index in [1.807, 2.05) is 49.5 Å². The Hall–Kier alpha value is -2.33. The van der Waals surface area contributed by atoms with Crippen LogP contribution in [0.3, 0.4) is 0 Å². The molecule has 0 fully saturated rings. The lowest BCUT2D eigenvalue weighted by atomic mass is 10.1. The molecular weight excluding hydrogens is 288 g/mol. The standard InChI is InChI=1S/C19H24N2O2/c1-4-13-21(3)16-11-9-15(10-12-16)19(23)20-18-8-6-5-7-17(18)14(2)22/h5-12,14,22H,4,13H2,1-3H3,(H,20,23). The zero-order valence-corrected chi connectivity index (χ0v) is 13.9. The minimum absolute atomic E-state index is 0.178. The quantitative estimate of drug-likeness (QED) is 0.852. The summed E-state index contributed by atoms with van der Waals surface area (Å²) in [6.07, 6.45) is 0.450. The number of nitrogens with zero attached hydrogens (tertiary/aromatic N) is 1. The molecule has 0 radical (unpaired) electrons. The van der Waals surface area contributed by atoms with E-state index in [0.717, 1.165) is 18.7 Å². The first kappa shape index (κ1) is 17.0. The first-order valence-electron chi connectivity index (χ1n) is 7.92. The van der Waals surface area contributed by atoms with Gasteiger partial charge in [0.2, 0.25) is 0 Å². The fourth-order valence-corrected chi connectivity index (χ4v) is 2.50. The van der Waals surface area contributed by atoms with Crippen LogP contribution in [0.4, 0.5) is 11.4 Å². The average Bonchev–Trinajstić information content (AvgIpc) is 2.55. The molecule has 0 bridgehead atoms. The third-order valence-electron chi connectivity index (χ3n) is 3.79. The van der Waals surface area contributed by atoms with E-state index in [1.54, 1.807) is 13.0 Å². The molecule has 4 heteroatoms. The minimum atomic E-state index is -0.628. The van der Waals surface area contributed by atoms with E-state index >= 15 is 0 Å². The number of carbonyl (C=O) groups is 1. The summed E-state index contributed by atoms with van der Waals surface area (Å²) in [5, 5.41) is 12.6. The van der Waals surface area contributed by atoms with Crippen molar-refractivity contribution in [3.63, 3.8) is 0 Å². The SMILES string of the molecule is CCCN(C)c1ccc(C(=O)Nc2ccccc2C(C)O)cc1. The second-order valence-electron chi connectivity index (χ2n) is 5.69. The molecular formula is C19H24N2O2. The number of anilines is 2. The average molecular weight is 312 g/mol. The van der Waals surface area contributed by atoms with Crippen LogP contribution in [0.25, 0.3) is 0 Å². The summed E-state index contributed by atoms with van der Waals surface area (Å²) in [5.41, 5.74) is 3.03. The van der Waals surface area contributed by atoms with E-state index in [1.165, 1.54) is 0 Å². The van der Waals surface area contributed by atoms with Gasteiger partial charge in [0, 0.05) is 36.1 Å². The number of para-hydroxylation sites is 1. The summed E-state index contributed by atoms with van der Waals surface area (Å²) in [5.74, 6) is -0.178. The maximum absolute atomic E-state index is 12.4. The number of benzene rings is 2. The van der Waals surface area contributed by atoms with Crippen LogP contribution in [-0.4, -0.2) is 24.6 Å². The Kier molecular flexibility index (Phi) is 5.77. The highest BCUT2D eigenvalue weighted by molar-refractivity contribution is 6.04. The predicted octanol–water partition coefficient (Wildman–Crippen LogP) is 3.84. The molecule has 2 aromatic carbocycles. The van der Waals surface area contributed by atoms with Crippen LogP contribution in [0.2, 0.25) is 0 Å². The molecule has 0 spiro atoms. The lowest BCUT2D eigenvalue weighted by molar-refractivity contribution is 0.102. The lowest BCUT2D eigenvalue weighted by Gasteiger charge is -2.18. The number of nitrogens with one attached hydrogen (secondary N) is 1. The molecule has 23 heavy (non-hydrogen) atoms. The normalized spacial score (nSPS) is 11.8. The van der Waals surface area contributed by atoms with Crippen molar-refractivity contribution in [2.24, 2.45) is 0 Å². The van der Waals surface area contributed by atoms with Crippen LogP contribution in [0, 0.1) is 0 Å². The van der Waals surface area contributed by atoms with Crippen LogP contribution in [0.5, 0.6) is 0 Å². The molecule has 2 aromatic rings. The Bertz CT molecular complexity index is 651. The van der Waals surface area contributed by atoms with Gasteiger partial charge >= 0.3 is 0 Å². The summed E-state index contributed by atoms with van der Waals surface area (Å²) >= 11 is 0. The van der Waals surface area contributed by atoms with Crippen molar-refractivity contribution in [3.05, 3.63) is 59.7 Å². The Morgan fingerprint density at radius 1 is 1.17 bits per heavy atom. The Balaban J connectivity index is 2.12. The van der Waals surface area contributed by atoms with E-state index < -0.39 is 6.10 Å². The second kappa shape index (κ2) is 7.79. The van der Waals surface area contributed by atoms with Gasteiger partial charge in [-0.15, -0.1) is 0 Å². The number of amides is 1. The van der Waals surface area contributed by atoms with E-state index in [4.69, 9.17) is 0 Å². The van der Waals surface area contributed by atoms with Crippen LogP contribution in [0.15, 0.2) is 48.5 Å². The van der Waals surface area contributed by atoms with Crippen LogP contribution in [0.1, 0.15) is 42.3 Å². The summed E-state index contributed by atoms with van der Waals surface area (Å²) in [7, 11) is 2.04. The van der Waals surface area contributed by atoms with Gasteiger partial charge in [-0.05, 0) is 43.7 Å². The monoisotopic (exact) mass is 312 g/mol. The maximum atomic E-state index is 12.4. The molecule has 4 nitrogen and oxygen atoms in total. The highest BCUT2D eigenvalue weighted by Crippen LogP contribution is 2.23. The molecule has 0 saturated heterocycles. The molecule has 1 amide bonds. The number of carbonyl (C=O) groups excluding carboxylic acids is 1. The number of hydrogen-bond donors (Lipinski definition) is 2. The van der Waals surface area contributed by atoms with Gasteiger partial charge < -0.3 is 15.3 Å². The van der Waals surface area contributed by atoms with Gasteiger partial charge in [-0.25, -0.2) is 0 Å². The number of rotatable bonds is 6. The maximum Gasteiger partial charge on any atom is 0.255 e.